The summed E-state index contributed by atoms with van der Waals surface area (Å²) in [5.41, 5.74) is 9.23. The Kier molecular flexibility index (Phi) is 6.68. The lowest BCUT2D eigenvalue weighted by molar-refractivity contribution is 0.0951. The fourth-order valence-corrected chi connectivity index (χ4v) is 3.59. The van der Waals surface area contributed by atoms with Crippen molar-refractivity contribution in [1.29, 1.82) is 0 Å². The number of rotatable bonds is 7. The van der Waals surface area contributed by atoms with Crippen LogP contribution in [0.25, 0.3) is 0 Å². The summed E-state index contributed by atoms with van der Waals surface area (Å²) in [6.07, 6.45) is 0. The first-order valence-corrected chi connectivity index (χ1v) is 9.73. The van der Waals surface area contributed by atoms with Crippen LogP contribution in [0.5, 0.6) is 0 Å². The molecule has 0 radical (unpaired) electrons. The molecule has 5 nitrogen and oxygen atoms in total. The largest absolute Gasteiger partial charge is 0.383 e. The molecule has 0 saturated heterocycles. The summed E-state index contributed by atoms with van der Waals surface area (Å²) >= 11 is 1.73. The lowest BCUT2D eigenvalue weighted by Gasteiger charge is -2.09. The van der Waals surface area contributed by atoms with Gasteiger partial charge >= 0.3 is 0 Å². The maximum atomic E-state index is 12.4. The summed E-state index contributed by atoms with van der Waals surface area (Å²) in [4.78, 5) is 19.0. The van der Waals surface area contributed by atoms with Crippen molar-refractivity contribution in [2.75, 3.05) is 12.8 Å². The lowest BCUT2D eigenvalue weighted by atomic mass is 10.2. The van der Waals surface area contributed by atoms with E-state index in [1.54, 1.807) is 31.0 Å². The van der Waals surface area contributed by atoms with Gasteiger partial charge in [-0.3, -0.25) is 4.79 Å². The quantitative estimate of drug-likeness (QED) is 0.629. The van der Waals surface area contributed by atoms with Gasteiger partial charge in [0.15, 0.2) is 0 Å². The van der Waals surface area contributed by atoms with Crippen molar-refractivity contribution in [3.05, 3.63) is 83.0 Å². The normalized spacial score (nSPS) is 10.6. The summed E-state index contributed by atoms with van der Waals surface area (Å²) in [5, 5.41) is 2.89. The SMILES string of the molecule is COCc1ccc(C(=O)NCc2ccc(Sc3ccccc3C)cc2)c(N)n1. The number of aryl methyl sites for hydroxylation is 1. The summed E-state index contributed by atoms with van der Waals surface area (Å²) in [6.45, 7) is 2.89. The number of benzene rings is 2. The van der Waals surface area contributed by atoms with Crippen molar-refractivity contribution in [3.8, 4) is 0 Å². The molecule has 1 heterocycles. The third-order valence-electron chi connectivity index (χ3n) is 4.22. The maximum absolute atomic E-state index is 12.4. The minimum atomic E-state index is -0.243. The summed E-state index contributed by atoms with van der Waals surface area (Å²) in [7, 11) is 1.59. The highest BCUT2D eigenvalue weighted by molar-refractivity contribution is 7.99. The number of carbonyl (C=O) groups is 1. The standard InChI is InChI=1S/C22H23N3O2S/c1-15-5-3-4-6-20(15)28-18-10-7-16(8-11-18)13-24-22(26)19-12-9-17(14-27-2)25-21(19)23/h3-12H,13-14H2,1-2H3,(H2,23,25)(H,24,26). The Balaban J connectivity index is 1.59. The van der Waals surface area contributed by atoms with E-state index in [1.807, 2.05) is 24.3 Å². The number of methoxy groups -OCH3 is 1. The number of nitrogen functional groups attached to an aromatic ring is 1. The first kappa shape index (κ1) is 19.9. The Hall–Kier alpha value is -2.83. The molecular formula is C22H23N3O2S. The van der Waals surface area contributed by atoms with E-state index in [0.29, 0.717) is 24.4 Å². The molecule has 0 aliphatic rings. The number of amides is 1. The van der Waals surface area contributed by atoms with Gasteiger partial charge in [0, 0.05) is 23.4 Å². The molecule has 1 aromatic heterocycles. The number of anilines is 1. The zero-order valence-electron chi connectivity index (χ0n) is 15.9. The Labute approximate surface area is 169 Å². The van der Waals surface area contributed by atoms with Crippen molar-refractivity contribution >= 4 is 23.5 Å². The lowest BCUT2D eigenvalue weighted by Crippen LogP contribution is -2.24. The smallest absolute Gasteiger partial charge is 0.255 e. The van der Waals surface area contributed by atoms with Crippen LogP contribution < -0.4 is 11.1 Å². The number of nitrogens with two attached hydrogens (primary N) is 1. The van der Waals surface area contributed by atoms with Crippen LogP contribution >= 0.6 is 11.8 Å². The zero-order valence-corrected chi connectivity index (χ0v) is 16.8. The first-order valence-electron chi connectivity index (χ1n) is 8.92. The highest BCUT2D eigenvalue weighted by Gasteiger charge is 2.11. The van der Waals surface area contributed by atoms with Crippen LogP contribution in [0.2, 0.25) is 0 Å². The zero-order chi connectivity index (χ0) is 19.9. The van der Waals surface area contributed by atoms with Gasteiger partial charge < -0.3 is 15.8 Å². The Morgan fingerprint density at radius 1 is 1.11 bits per heavy atom. The van der Waals surface area contributed by atoms with Gasteiger partial charge in [-0.05, 0) is 48.4 Å². The molecule has 3 N–H and O–H groups in total. The van der Waals surface area contributed by atoms with E-state index in [1.165, 1.54) is 10.5 Å². The minimum absolute atomic E-state index is 0.206. The molecule has 0 aliphatic heterocycles. The fraction of sp³-hybridized carbons (Fsp3) is 0.182. The number of hydrogen-bond acceptors (Lipinski definition) is 5. The molecule has 144 valence electrons. The molecule has 3 aromatic rings. The number of pyridine rings is 1. The van der Waals surface area contributed by atoms with Gasteiger partial charge in [0.05, 0.1) is 17.9 Å². The molecule has 0 saturated carbocycles. The summed E-state index contributed by atoms with van der Waals surface area (Å²) < 4.78 is 5.02. The molecule has 6 heteroatoms. The first-order chi connectivity index (χ1) is 13.6. The van der Waals surface area contributed by atoms with E-state index in [0.717, 1.165) is 10.5 Å². The van der Waals surface area contributed by atoms with Gasteiger partial charge in [-0.2, -0.15) is 0 Å². The Bertz CT molecular complexity index is 958. The molecule has 0 unspecified atom stereocenters. The molecule has 0 spiro atoms. The van der Waals surface area contributed by atoms with Crippen LogP contribution in [-0.4, -0.2) is 18.0 Å². The number of nitrogens with one attached hydrogen (secondary N) is 1. The molecule has 0 fully saturated rings. The molecule has 3 rings (SSSR count). The maximum Gasteiger partial charge on any atom is 0.255 e. The van der Waals surface area contributed by atoms with Crippen molar-refractivity contribution in [3.63, 3.8) is 0 Å². The number of carbonyl (C=O) groups excluding carboxylic acids is 1. The van der Waals surface area contributed by atoms with Crippen molar-refractivity contribution in [2.24, 2.45) is 0 Å². The van der Waals surface area contributed by atoms with Gasteiger partial charge in [-0.25, -0.2) is 4.98 Å². The minimum Gasteiger partial charge on any atom is -0.383 e. The van der Waals surface area contributed by atoms with E-state index in [4.69, 9.17) is 10.5 Å². The van der Waals surface area contributed by atoms with Crippen molar-refractivity contribution < 1.29 is 9.53 Å². The number of aromatic nitrogens is 1. The van der Waals surface area contributed by atoms with Crippen LogP contribution in [0.3, 0.4) is 0 Å². The van der Waals surface area contributed by atoms with E-state index in [9.17, 15) is 4.79 Å². The highest BCUT2D eigenvalue weighted by atomic mass is 32.2. The van der Waals surface area contributed by atoms with Crippen LogP contribution in [-0.2, 0) is 17.9 Å². The van der Waals surface area contributed by atoms with Crippen LogP contribution in [0.15, 0.2) is 70.5 Å². The number of ether oxygens (including phenoxy) is 1. The van der Waals surface area contributed by atoms with Crippen molar-refractivity contribution in [1.82, 2.24) is 10.3 Å². The molecule has 0 aliphatic carbocycles. The molecule has 1 amide bonds. The Morgan fingerprint density at radius 2 is 1.86 bits per heavy atom. The third kappa shape index (κ3) is 5.12. The topological polar surface area (TPSA) is 77.2 Å². The number of hydrogen-bond donors (Lipinski definition) is 2. The van der Waals surface area contributed by atoms with Gasteiger partial charge in [-0.15, -0.1) is 0 Å². The van der Waals surface area contributed by atoms with Gasteiger partial charge in [0.1, 0.15) is 5.82 Å². The Morgan fingerprint density at radius 3 is 2.54 bits per heavy atom. The summed E-state index contributed by atoms with van der Waals surface area (Å²) in [5.74, 6) is -0.0376. The monoisotopic (exact) mass is 393 g/mol. The molecule has 0 atom stereocenters. The van der Waals surface area contributed by atoms with Crippen molar-refractivity contribution in [2.45, 2.75) is 29.9 Å². The second-order valence-electron chi connectivity index (χ2n) is 6.36. The average molecular weight is 394 g/mol. The molecule has 0 bridgehead atoms. The van der Waals surface area contributed by atoms with E-state index < -0.39 is 0 Å². The predicted molar refractivity (Wildman–Crippen MR) is 112 cm³/mol. The molecule has 2 aromatic carbocycles. The fourth-order valence-electron chi connectivity index (χ4n) is 2.69. The summed E-state index contributed by atoms with van der Waals surface area (Å²) in [6, 6.07) is 19.9. The average Bonchev–Trinajstić information content (AvgIpc) is 2.69. The van der Waals surface area contributed by atoms with Gasteiger partial charge in [-0.1, -0.05) is 42.1 Å². The second-order valence-corrected chi connectivity index (χ2v) is 7.48. The van der Waals surface area contributed by atoms with E-state index in [-0.39, 0.29) is 11.7 Å². The molecule has 28 heavy (non-hydrogen) atoms. The van der Waals surface area contributed by atoms with Gasteiger partial charge in [0.25, 0.3) is 5.91 Å². The third-order valence-corrected chi connectivity index (χ3v) is 5.40. The van der Waals surface area contributed by atoms with E-state index >= 15 is 0 Å². The van der Waals surface area contributed by atoms with Crippen LogP contribution in [0.4, 0.5) is 5.82 Å². The van der Waals surface area contributed by atoms with Crippen LogP contribution in [0, 0.1) is 6.92 Å². The molecular weight excluding hydrogens is 370 g/mol. The highest BCUT2D eigenvalue weighted by Crippen LogP contribution is 2.30. The number of nitrogens with zero attached hydrogens (tertiary/aromatic N) is 1. The van der Waals surface area contributed by atoms with Crippen LogP contribution in [0.1, 0.15) is 27.2 Å². The predicted octanol–water partition coefficient (Wildman–Crippen LogP) is 4.20. The second kappa shape index (κ2) is 9.39. The van der Waals surface area contributed by atoms with E-state index in [2.05, 4.69) is 41.5 Å². The van der Waals surface area contributed by atoms with Gasteiger partial charge in [0.2, 0.25) is 0 Å².